The van der Waals surface area contributed by atoms with E-state index in [-0.39, 0.29) is 29.2 Å². The summed E-state index contributed by atoms with van der Waals surface area (Å²) >= 11 is 0. The van der Waals surface area contributed by atoms with E-state index in [2.05, 4.69) is 15.3 Å². The first-order chi connectivity index (χ1) is 16.4. The highest BCUT2D eigenvalue weighted by Gasteiger charge is 2.45. The number of hydrogen-bond acceptors (Lipinski definition) is 7. The fourth-order valence-electron chi connectivity index (χ4n) is 3.11. The lowest BCUT2D eigenvalue weighted by molar-refractivity contribution is -0.137. The Morgan fingerprint density at radius 3 is 2.40 bits per heavy atom. The number of guanidine groups is 1. The Morgan fingerprint density at radius 2 is 1.89 bits per heavy atom. The molecule has 1 unspecified atom stereocenters. The van der Waals surface area contributed by atoms with Crippen molar-refractivity contribution >= 4 is 23.5 Å². The van der Waals surface area contributed by atoms with Gasteiger partial charge < -0.3 is 16.2 Å². The van der Waals surface area contributed by atoms with Gasteiger partial charge in [-0.3, -0.25) is 14.5 Å². The van der Waals surface area contributed by atoms with E-state index < -0.39 is 23.2 Å². The number of aromatic nitrogens is 1. The number of benzene rings is 1. The Bertz CT molecular complexity index is 1100. The van der Waals surface area contributed by atoms with Gasteiger partial charge in [0, 0.05) is 30.6 Å². The maximum Gasteiger partial charge on any atom is 0.274 e. The minimum Gasteiger partial charge on any atom is -0.394 e. The smallest absolute Gasteiger partial charge is 0.274 e. The maximum absolute atomic E-state index is 14.6. The van der Waals surface area contributed by atoms with Gasteiger partial charge in [0.05, 0.1) is 17.0 Å². The normalized spacial score (nSPS) is 16.1. The third kappa shape index (κ3) is 7.32. The van der Waals surface area contributed by atoms with Gasteiger partial charge >= 0.3 is 0 Å². The fraction of sp³-hybridized carbons (Fsp3) is 0.400. The number of rotatable bonds is 3. The Hall–Kier alpha value is -3.84. The first-order valence-corrected chi connectivity index (χ1v) is 11.1. The summed E-state index contributed by atoms with van der Waals surface area (Å²) in [4.78, 5) is 34.5. The van der Waals surface area contributed by atoms with E-state index in [1.807, 2.05) is 19.9 Å². The molecular formula is C25H33FN6O3. The molecule has 1 aliphatic rings. The molecule has 0 fully saturated rings. The first kappa shape index (κ1) is 29.2. The Balaban J connectivity index is 0.000000926. The van der Waals surface area contributed by atoms with Gasteiger partial charge in [-0.1, -0.05) is 13.8 Å². The zero-order valence-electron chi connectivity index (χ0n) is 21.1. The van der Waals surface area contributed by atoms with Crippen LogP contribution < -0.4 is 11.1 Å². The molecule has 0 saturated carbocycles. The molecule has 3 rings (SSSR count). The van der Waals surface area contributed by atoms with Crippen molar-refractivity contribution in [3.63, 3.8) is 0 Å². The zero-order valence-corrected chi connectivity index (χ0v) is 21.1. The highest BCUT2D eigenvalue weighted by atomic mass is 19.1. The predicted molar refractivity (Wildman–Crippen MR) is 133 cm³/mol. The lowest BCUT2D eigenvalue weighted by atomic mass is 9.78. The van der Waals surface area contributed by atoms with Crippen LogP contribution in [0.15, 0.2) is 41.5 Å². The molecule has 10 heteroatoms. The minimum absolute atomic E-state index is 0.00468. The molecule has 0 saturated heterocycles. The van der Waals surface area contributed by atoms with Crippen molar-refractivity contribution in [3.05, 3.63) is 59.2 Å². The molecule has 2 aromatic rings. The lowest BCUT2D eigenvalue weighted by Crippen LogP contribution is -2.51. The van der Waals surface area contributed by atoms with E-state index in [1.165, 1.54) is 48.5 Å². The number of pyridine rings is 1. The third-order valence-electron chi connectivity index (χ3n) is 4.82. The average molecular weight is 485 g/mol. The summed E-state index contributed by atoms with van der Waals surface area (Å²) in [5.74, 6) is -1.37. The van der Waals surface area contributed by atoms with Gasteiger partial charge in [-0.15, -0.1) is 0 Å². The van der Waals surface area contributed by atoms with E-state index in [4.69, 9.17) is 16.1 Å². The first-order valence-electron chi connectivity index (χ1n) is 11.1. The highest BCUT2D eigenvalue weighted by molar-refractivity contribution is 6.03. The summed E-state index contributed by atoms with van der Waals surface area (Å²) in [6.45, 7) is 10.8. The Kier molecular flexibility index (Phi) is 10.5. The van der Waals surface area contributed by atoms with E-state index in [9.17, 15) is 14.0 Å². The topological polar surface area (TPSA) is 145 Å². The summed E-state index contributed by atoms with van der Waals surface area (Å²) in [6.07, 6.45) is 1.12. The quantitative estimate of drug-likeness (QED) is 0.607. The summed E-state index contributed by atoms with van der Waals surface area (Å²) in [5.41, 5.74) is 5.68. The number of halogens is 1. The fourth-order valence-corrected chi connectivity index (χ4v) is 3.11. The van der Waals surface area contributed by atoms with Crippen molar-refractivity contribution < 1.29 is 19.1 Å². The van der Waals surface area contributed by atoms with Gasteiger partial charge in [-0.2, -0.15) is 5.26 Å². The van der Waals surface area contributed by atoms with Crippen LogP contribution in [0.4, 0.5) is 10.1 Å². The number of aliphatic imine (C=N–C) groups is 1. The van der Waals surface area contributed by atoms with E-state index in [0.29, 0.717) is 11.3 Å². The van der Waals surface area contributed by atoms with Crippen molar-refractivity contribution in [1.29, 1.82) is 5.26 Å². The summed E-state index contributed by atoms with van der Waals surface area (Å²) in [6, 6.07) is 7.99. The molecule has 2 heterocycles. The number of aliphatic hydroxyl groups is 1. The van der Waals surface area contributed by atoms with Crippen molar-refractivity contribution in [3.8, 4) is 6.07 Å². The number of aliphatic hydroxyl groups excluding tert-OH is 1. The van der Waals surface area contributed by atoms with Gasteiger partial charge in [0.1, 0.15) is 17.6 Å². The van der Waals surface area contributed by atoms with Crippen LogP contribution in [-0.4, -0.2) is 45.9 Å². The van der Waals surface area contributed by atoms with E-state index >= 15 is 0 Å². The third-order valence-corrected chi connectivity index (χ3v) is 4.82. The molecule has 9 nitrogen and oxygen atoms in total. The molecule has 0 aliphatic carbocycles. The van der Waals surface area contributed by atoms with Crippen molar-refractivity contribution in [2.75, 3.05) is 12.4 Å². The van der Waals surface area contributed by atoms with Crippen molar-refractivity contribution in [2.45, 2.75) is 53.7 Å². The van der Waals surface area contributed by atoms with Gasteiger partial charge in [0.15, 0.2) is 5.96 Å². The largest absolute Gasteiger partial charge is 0.394 e. The summed E-state index contributed by atoms with van der Waals surface area (Å²) in [7, 11) is 1.51. The van der Waals surface area contributed by atoms with Crippen LogP contribution in [-0.2, 0) is 4.79 Å². The van der Waals surface area contributed by atoms with Crippen LogP contribution >= 0.6 is 0 Å². The second-order valence-corrected chi connectivity index (χ2v) is 8.30. The number of anilines is 1. The Labute approximate surface area is 205 Å². The van der Waals surface area contributed by atoms with Gasteiger partial charge in [-0.25, -0.2) is 14.4 Å². The lowest BCUT2D eigenvalue weighted by Gasteiger charge is -2.38. The molecule has 0 bridgehead atoms. The number of carbonyl (C=O) groups is 2. The number of nitriles is 1. The number of nitrogens with zero attached hydrogens (tertiary/aromatic N) is 4. The minimum atomic E-state index is -1.03. The molecule has 1 aliphatic heterocycles. The number of carbonyl (C=O) groups excluding carboxylic acids is 2. The molecule has 1 aromatic heterocycles. The van der Waals surface area contributed by atoms with Gasteiger partial charge in [0.25, 0.3) is 5.91 Å². The number of nitrogens with two attached hydrogens (primary N) is 1. The summed E-state index contributed by atoms with van der Waals surface area (Å²) in [5, 5.41) is 19.5. The van der Waals surface area contributed by atoms with Gasteiger partial charge in [-0.05, 0) is 58.0 Å². The molecule has 2 amide bonds. The highest BCUT2D eigenvalue weighted by Crippen LogP contribution is 2.42. The number of nitrogens with one attached hydrogen (secondary N) is 1. The van der Waals surface area contributed by atoms with Crippen LogP contribution in [0.25, 0.3) is 0 Å². The molecule has 0 radical (unpaired) electrons. The van der Waals surface area contributed by atoms with Crippen LogP contribution in [0.5, 0.6) is 0 Å². The van der Waals surface area contributed by atoms with Crippen molar-refractivity contribution in [2.24, 2.45) is 16.1 Å². The van der Waals surface area contributed by atoms with Crippen LogP contribution in [0.2, 0.25) is 0 Å². The molecular weight excluding hydrogens is 451 g/mol. The average Bonchev–Trinajstić information content (AvgIpc) is 2.82. The van der Waals surface area contributed by atoms with Crippen LogP contribution in [0, 0.1) is 22.6 Å². The molecule has 35 heavy (non-hydrogen) atoms. The zero-order chi connectivity index (χ0) is 26.9. The maximum atomic E-state index is 14.6. The van der Waals surface area contributed by atoms with Crippen LogP contribution in [0.1, 0.15) is 69.2 Å². The standard InChI is InChI=1S/C20H19FN6O2.C3H8O.C2H6/c1-20(2)16(26-19(23)27(3)18(20)29)13-8-12(5-6-14(13)21)25-17(28)15-7-4-11(9-22)10-24-15;1-3(2)4;1-2/h4-8,10,16H,1-3H3,(H2,23,26)(H,25,28);3-4H,1-2H3;1-2H3. The van der Waals surface area contributed by atoms with E-state index in [1.54, 1.807) is 27.7 Å². The number of hydrogen-bond donors (Lipinski definition) is 3. The Morgan fingerprint density at radius 1 is 1.29 bits per heavy atom. The van der Waals surface area contributed by atoms with E-state index in [0.717, 1.165) is 0 Å². The predicted octanol–water partition coefficient (Wildman–Crippen LogP) is 3.61. The number of amides is 2. The molecule has 1 aromatic carbocycles. The van der Waals surface area contributed by atoms with Crippen molar-refractivity contribution in [1.82, 2.24) is 9.88 Å². The second-order valence-electron chi connectivity index (χ2n) is 8.30. The monoisotopic (exact) mass is 484 g/mol. The molecule has 1 atom stereocenters. The molecule has 0 spiro atoms. The molecule has 188 valence electrons. The molecule has 4 N–H and O–H groups in total. The van der Waals surface area contributed by atoms with Crippen LogP contribution in [0.3, 0.4) is 0 Å². The second kappa shape index (κ2) is 12.6. The summed E-state index contributed by atoms with van der Waals surface area (Å²) < 4.78 is 14.6. The van der Waals surface area contributed by atoms with Gasteiger partial charge in [0.2, 0.25) is 5.91 Å². The SMILES string of the molecule is CC.CC(C)O.CN1C(=O)C(C)(C)C(c2cc(NC(=O)c3ccc(C#N)cn3)ccc2F)N=C1N.